The van der Waals surface area contributed by atoms with E-state index in [0.29, 0.717) is 11.7 Å². The van der Waals surface area contributed by atoms with Gasteiger partial charge in [-0.15, -0.1) is 0 Å². The lowest BCUT2D eigenvalue weighted by molar-refractivity contribution is -0.113. The van der Waals surface area contributed by atoms with Crippen LogP contribution in [0.5, 0.6) is 0 Å². The Morgan fingerprint density at radius 3 is 2.76 bits per heavy atom. The van der Waals surface area contributed by atoms with Crippen molar-refractivity contribution in [3.05, 3.63) is 54.0 Å². The fraction of sp³-hybridized carbons (Fsp3) is 0.222. The van der Waals surface area contributed by atoms with Crippen LogP contribution in [0.25, 0.3) is 11.5 Å². The molecule has 0 saturated heterocycles. The number of rotatable bonds is 6. The van der Waals surface area contributed by atoms with E-state index in [4.69, 9.17) is 4.52 Å². The second kappa shape index (κ2) is 7.94. The zero-order valence-corrected chi connectivity index (χ0v) is 14.8. The molecule has 0 spiro atoms. The predicted octanol–water partition coefficient (Wildman–Crippen LogP) is 3.73. The van der Waals surface area contributed by atoms with Gasteiger partial charge in [0.05, 0.1) is 10.8 Å². The van der Waals surface area contributed by atoms with Crippen LogP contribution >= 0.6 is 11.8 Å². The Labute approximate surface area is 150 Å². The third-order valence-electron chi connectivity index (χ3n) is 3.45. The Morgan fingerprint density at radius 2 is 2.04 bits per heavy atom. The maximum absolute atomic E-state index is 12.1. The quantitative estimate of drug-likeness (QED) is 0.679. The van der Waals surface area contributed by atoms with Crippen molar-refractivity contribution < 1.29 is 9.32 Å². The molecule has 7 heteroatoms. The molecule has 128 valence electrons. The van der Waals surface area contributed by atoms with Gasteiger partial charge in [0, 0.05) is 23.9 Å². The van der Waals surface area contributed by atoms with E-state index in [0.717, 1.165) is 28.3 Å². The molecule has 0 aliphatic heterocycles. The van der Waals surface area contributed by atoms with Crippen LogP contribution in [0, 0.1) is 6.92 Å². The molecule has 1 aromatic carbocycles. The van der Waals surface area contributed by atoms with Crippen LogP contribution in [0.15, 0.2) is 52.1 Å². The number of carbonyl (C=O) groups excluding carboxylic acids is 1. The monoisotopic (exact) mass is 354 g/mol. The normalized spacial score (nSPS) is 10.6. The number of nitrogens with zero attached hydrogens (tertiary/aromatic N) is 3. The highest BCUT2D eigenvalue weighted by Gasteiger charge is 2.10. The topological polar surface area (TPSA) is 80.9 Å². The lowest BCUT2D eigenvalue weighted by Gasteiger charge is -2.05. The largest absolute Gasteiger partial charge is 0.334 e. The number of benzene rings is 1. The van der Waals surface area contributed by atoms with Gasteiger partial charge in [0.25, 0.3) is 5.89 Å². The van der Waals surface area contributed by atoms with Crippen molar-refractivity contribution in [2.24, 2.45) is 0 Å². The number of hydrogen-bond acceptors (Lipinski definition) is 6. The summed E-state index contributed by atoms with van der Waals surface area (Å²) in [5.41, 5.74) is 2.74. The molecule has 1 N–H and O–H groups in total. The van der Waals surface area contributed by atoms with E-state index in [-0.39, 0.29) is 11.7 Å². The molecular formula is C18H18N4O2S. The summed E-state index contributed by atoms with van der Waals surface area (Å²) in [6.07, 6.45) is 2.39. The van der Waals surface area contributed by atoms with Crippen LogP contribution in [0.1, 0.15) is 18.3 Å². The number of pyridine rings is 1. The summed E-state index contributed by atoms with van der Waals surface area (Å²) < 4.78 is 5.23. The summed E-state index contributed by atoms with van der Waals surface area (Å²) in [4.78, 5) is 20.6. The van der Waals surface area contributed by atoms with E-state index in [9.17, 15) is 4.79 Å². The van der Waals surface area contributed by atoms with Gasteiger partial charge in [-0.2, -0.15) is 4.98 Å². The number of nitrogens with one attached hydrogen (secondary N) is 1. The zero-order valence-electron chi connectivity index (χ0n) is 14.0. The SMILES string of the molecule is CCc1noc(-c2ccnc(SCC(=O)Nc3ccc(C)cc3)c2)n1. The van der Waals surface area contributed by atoms with Crippen LogP contribution in [-0.2, 0) is 11.2 Å². The Balaban J connectivity index is 1.60. The van der Waals surface area contributed by atoms with E-state index >= 15 is 0 Å². The molecule has 0 bridgehead atoms. The Kier molecular flexibility index (Phi) is 5.45. The van der Waals surface area contributed by atoms with Crippen molar-refractivity contribution in [3.63, 3.8) is 0 Å². The Bertz CT molecular complexity index is 862. The highest BCUT2D eigenvalue weighted by atomic mass is 32.2. The maximum atomic E-state index is 12.1. The molecule has 0 unspecified atom stereocenters. The number of aryl methyl sites for hydroxylation is 2. The van der Waals surface area contributed by atoms with Gasteiger partial charge >= 0.3 is 0 Å². The van der Waals surface area contributed by atoms with Gasteiger partial charge in [-0.1, -0.05) is 41.5 Å². The lowest BCUT2D eigenvalue weighted by atomic mass is 10.2. The van der Waals surface area contributed by atoms with E-state index < -0.39 is 0 Å². The molecule has 3 rings (SSSR count). The number of aromatic nitrogens is 3. The van der Waals surface area contributed by atoms with Crippen LogP contribution in [-0.4, -0.2) is 26.8 Å². The first-order valence-electron chi connectivity index (χ1n) is 7.92. The minimum absolute atomic E-state index is 0.0767. The number of carbonyl (C=O) groups is 1. The summed E-state index contributed by atoms with van der Waals surface area (Å²) in [7, 11) is 0. The van der Waals surface area contributed by atoms with E-state index in [1.165, 1.54) is 11.8 Å². The Hall–Kier alpha value is -2.67. The first kappa shape index (κ1) is 17.2. The smallest absolute Gasteiger partial charge is 0.258 e. The summed E-state index contributed by atoms with van der Waals surface area (Å²) >= 11 is 1.36. The fourth-order valence-corrected chi connectivity index (χ4v) is 2.81. The summed E-state index contributed by atoms with van der Waals surface area (Å²) in [6.45, 7) is 3.97. The van der Waals surface area contributed by atoms with Crippen molar-refractivity contribution in [3.8, 4) is 11.5 Å². The molecule has 0 fully saturated rings. The van der Waals surface area contributed by atoms with Gasteiger partial charge in [0.1, 0.15) is 0 Å². The van der Waals surface area contributed by atoms with Gasteiger partial charge in [-0.3, -0.25) is 4.79 Å². The molecule has 0 saturated carbocycles. The molecule has 0 atom stereocenters. The van der Waals surface area contributed by atoms with Crippen LogP contribution in [0.4, 0.5) is 5.69 Å². The minimum Gasteiger partial charge on any atom is -0.334 e. The molecule has 1 amide bonds. The molecule has 0 aliphatic carbocycles. The molecule has 2 aromatic heterocycles. The lowest BCUT2D eigenvalue weighted by Crippen LogP contribution is -2.14. The van der Waals surface area contributed by atoms with Crippen molar-refractivity contribution in [1.82, 2.24) is 15.1 Å². The average molecular weight is 354 g/mol. The second-order valence-electron chi connectivity index (χ2n) is 5.45. The zero-order chi connectivity index (χ0) is 17.6. The highest BCUT2D eigenvalue weighted by Crippen LogP contribution is 2.23. The summed E-state index contributed by atoms with van der Waals surface area (Å²) in [6, 6.07) is 11.3. The molecule has 2 heterocycles. The van der Waals surface area contributed by atoms with Gasteiger partial charge < -0.3 is 9.84 Å². The van der Waals surface area contributed by atoms with Crippen molar-refractivity contribution >= 4 is 23.4 Å². The molecule has 25 heavy (non-hydrogen) atoms. The minimum atomic E-state index is -0.0767. The molecule has 0 aliphatic rings. The number of thioether (sulfide) groups is 1. The summed E-state index contributed by atoms with van der Waals surface area (Å²) in [5, 5.41) is 7.49. The third-order valence-corrected chi connectivity index (χ3v) is 4.38. The molecule has 0 radical (unpaired) electrons. The number of hydrogen-bond donors (Lipinski definition) is 1. The standard InChI is InChI=1S/C18H18N4O2S/c1-3-15-21-18(24-22-15)13-8-9-19-17(10-13)25-11-16(23)20-14-6-4-12(2)5-7-14/h4-10H,3,11H2,1-2H3,(H,20,23). The number of anilines is 1. The van der Waals surface area contributed by atoms with Crippen LogP contribution in [0.2, 0.25) is 0 Å². The van der Waals surface area contributed by atoms with E-state index in [1.54, 1.807) is 6.20 Å². The van der Waals surface area contributed by atoms with Gasteiger partial charge in [0.15, 0.2) is 5.82 Å². The van der Waals surface area contributed by atoms with Gasteiger partial charge in [0.2, 0.25) is 5.91 Å². The first-order chi connectivity index (χ1) is 12.1. The third kappa shape index (κ3) is 4.67. The van der Waals surface area contributed by atoms with Crippen LogP contribution in [0.3, 0.4) is 0 Å². The van der Waals surface area contributed by atoms with Gasteiger partial charge in [-0.05, 0) is 31.2 Å². The molecular weight excluding hydrogens is 336 g/mol. The first-order valence-corrected chi connectivity index (χ1v) is 8.91. The molecule has 3 aromatic rings. The second-order valence-corrected chi connectivity index (χ2v) is 6.45. The van der Waals surface area contributed by atoms with Crippen LogP contribution < -0.4 is 5.32 Å². The van der Waals surface area contributed by atoms with Crippen molar-refractivity contribution in [1.29, 1.82) is 0 Å². The number of amides is 1. The maximum Gasteiger partial charge on any atom is 0.258 e. The fourth-order valence-electron chi connectivity index (χ4n) is 2.11. The van der Waals surface area contributed by atoms with Gasteiger partial charge in [-0.25, -0.2) is 4.98 Å². The van der Waals surface area contributed by atoms with E-state index in [1.807, 2.05) is 50.2 Å². The van der Waals surface area contributed by atoms with Crippen molar-refractivity contribution in [2.45, 2.75) is 25.3 Å². The summed E-state index contributed by atoms with van der Waals surface area (Å²) in [5.74, 6) is 1.32. The average Bonchev–Trinajstić information content (AvgIpc) is 3.11. The van der Waals surface area contributed by atoms with Crippen molar-refractivity contribution in [2.75, 3.05) is 11.1 Å². The predicted molar refractivity (Wildman–Crippen MR) is 97.4 cm³/mol. The Morgan fingerprint density at radius 1 is 1.24 bits per heavy atom. The highest BCUT2D eigenvalue weighted by molar-refractivity contribution is 7.99. The van der Waals surface area contributed by atoms with E-state index in [2.05, 4.69) is 20.4 Å². The molecule has 6 nitrogen and oxygen atoms in total.